The predicted octanol–water partition coefficient (Wildman–Crippen LogP) is 4.15. The number of nitrogens with zero attached hydrogens (tertiary/aromatic N) is 2. The van der Waals surface area contributed by atoms with Crippen LogP contribution >= 0.6 is 35.0 Å². The van der Waals surface area contributed by atoms with Crippen LogP contribution in [0.25, 0.3) is 0 Å². The molecular weight excluding hydrogens is 395 g/mol. The van der Waals surface area contributed by atoms with E-state index >= 15 is 0 Å². The number of aliphatic hydroxyl groups is 1. The molecule has 1 atom stereocenters. The molecule has 2 aromatic rings. The monoisotopic (exact) mass is 416 g/mol. The second kappa shape index (κ2) is 10.2. The minimum atomic E-state index is -1.18. The third-order valence-corrected chi connectivity index (χ3v) is 5.56. The van der Waals surface area contributed by atoms with Gasteiger partial charge in [0.2, 0.25) is 0 Å². The maximum atomic E-state index is 11.4. The highest BCUT2D eigenvalue weighted by molar-refractivity contribution is 7.99. The lowest BCUT2D eigenvalue weighted by Gasteiger charge is -2.30. The number of rotatable bonds is 10. The van der Waals surface area contributed by atoms with Gasteiger partial charge in [-0.05, 0) is 31.2 Å². The Morgan fingerprint density at radius 2 is 2.23 bits per heavy atom. The molecule has 142 valence electrons. The molecule has 1 unspecified atom stereocenters. The van der Waals surface area contributed by atoms with Gasteiger partial charge in [-0.1, -0.05) is 29.3 Å². The Balaban J connectivity index is 2.03. The molecule has 0 aliphatic carbocycles. The lowest BCUT2D eigenvalue weighted by atomic mass is 9.95. The molecule has 0 bridgehead atoms. The first-order chi connectivity index (χ1) is 12.4. The number of thioether (sulfide) groups is 1. The number of carbonyl (C=O) groups is 1. The van der Waals surface area contributed by atoms with Crippen LogP contribution in [0.5, 0.6) is 0 Å². The molecule has 1 N–H and O–H groups in total. The SMILES string of the molecule is CCOC(=O)CCCSCC(O)(Cn1ccnc1)c1ccc(Cl)cc1Cl. The molecule has 5 nitrogen and oxygen atoms in total. The van der Waals surface area contributed by atoms with Gasteiger partial charge in [0, 0.05) is 40.2 Å². The smallest absolute Gasteiger partial charge is 0.305 e. The average Bonchev–Trinajstić information content (AvgIpc) is 3.07. The summed E-state index contributed by atoms with van der Waals surface area (Å²) in [5, 5.41) is 12.3. The van der Waals surface area contributed by atoms with Crippen LogP contribution in [-0.4, -0.2) is 38.7 Å². The molecule has 0 saturated carbocycles. The van der Waals surface area contributed by atoms with Crippen LogP contribution in [0.1, 0.15) is 25.3 Å². The highest BCUT2D eigenvalue weighted by Crippen LogP contribution is 2.34. The van der Waals surface area contributed by atoms with Gasteiger partial charge >= 0.3 is 5.97 Å². The molecule has 0 amide bonds. The van der Waals surface area contributed by atoms with E-state index in [-0.39, 0.29) is 5.97 Å². The molecule has 8 heteroatoms. The average molecular weight is 417 g/mol. The highest BCUT2D eigenvalue weighted by Gasteiger charge is 2.32. The maximum Gasteiger partial charge on any atom is 0.305 e. The molecule has 2 rings (SSSR count). The molecule has 0 spiro atoms. The van der Waals surface area contributed by atoms with E-state index in [1.54, 1.807) is 55.6 Å². The Labute approximate surface area is 167 Å². The molecule has 0 saturated heterocycles. The summed E-state index contributed by atoms with van der Waals surface area (Å²) in [6, 6.07) is 5.09. The Hall–Kier alpha value is -1.21. The molecular formula is C18H22Cl2N2O3S. The third kappa shape index (κ3) is 6.20. The Morgan fingerprint density at radius 1 is 1.42 bits per heavy atom. The van der Waals surface area contributed by atoms with E-state index in [0.29, 0.717) is 47.4 Å². The topological polar surface area (TPSA) is 64.3 Å². The minimum absolute atomic E-state index is 0.192. The number of hydrogen-bond acceptors (Lipinski definition) is 5. The zero-order valence-electron chi connectivity index (χ0n) is 14.5. The Kier molecular flexibility index (Phi) is 8.28. The standard InChI is InChI=1S/C18H22Cl2N2O3S/c1-2-25-17(23)4-3-9-26-12-18(24,11-22-8-7-21-13-22)15-6-5-14(19)10-16(15)20/h5-8,10,13,24H,2-4,9,11-12H2,1H3. The van der Waals surface area contributed by atoms with Crippen molar-refractivity contribution in [3.05, 3.63) is 52.5 Å². The van der Waals surface area contributed by atoms with E-state index in [9.17, 15) is 9.90 Å². The summed E-state index contributed by atoms with van der Waals surface area (Å²) in [6.07, 6.45) is 6.18. The molecule has 1 aromatic heterocycles. The molecule has 0 radical (unpaired) electrons. The van der Waals surface area contributed by atoms with Crippen LogP contribution in [0.2, 0.25) is 10.0 Å². The summed E-state index contributed by atoms with van der Waals surface area (Å²) < 4.78 is 6.73. The van der Waals surface area contributed by atoms with Gasteiger partial charge in [-0.3, -0.25) is 4.79 Å². The largest absolute Gasteiger partial charge is 0.466 e. The van der Waals surface area contributed by atoms with Gasteiger partial charge in [-0.15, -0.1) is 0 Å². The van der Waals surface area contributed by atoms with Gasteiger partial charge in [0.05, 0.1) is 19.5 Å². The van der Waals surface area contributed by atoms with Gasteiger partial charge in [0.15, 0.2) is 0 Å². The van der Waals surface area contributed by atoms with Crippen LogP contribution in [0.3, 0.4) is 0 Å². The van der Waals surface area contributed by atoms with Gasteiger partial charge < -0.3 is 14.4 Å². The van der Waals surface area contributed by atoms with Crippen molar-refractivity contribution >= 4 is 40.9 Å². The molecule has 0 aliphatic rings. The van der Waals surface area contributed by atoms with Gasteiger partial charge in [0.1, 0.15) is 5.60 Å². The van der Waals surface area contributed by atoms with Crippen LogP contribution in [0.4, 0.5) is 0 Å². The van der Waals surface area contributed by atoms with Gasteiger partial charge in [0.25, 0.3) is 0 Å². The summed E-state index contributed by atoms with van der Waals surface area (Å²) in [4.78, 5) is 15.4. The summed E-state index contributed by atoms with van der Waals surface area (Å²) in [7, 11) is 0. The minimum Gasteiger partial charge on any atom is -0.466 e. The fourth-order valence-electron chi connectivity index (χ4n) is 2.55. The van der Waals surface area contributed by atoms with E-state index in [2.05, 4.69) is 4.98 Å². The number of benzene rings is 1. The normalized spacial score (nSPS) is 13.4. The second-order valence-corrected chi connectivity index (χ2v) is 7.80. The van der Waals surface area contributed by atoms with Crippen LogP contribution in [0.15, 0.2) is 36.9 Å². The van der Waals surface area contributed by atoms with E-state index in [4.69, 9.17) is 27.9 Å². The van der Waals surface area contributed by atoms with E-state index < -0.39 is 5.60 Å². The molecule has 1 aromatic carbocycles. The Morgan fingerprint density at radius 3 is 2.88 bits per heavy atom. The fourth-order valence-corrected chi connectivity index (χ4v) is 4.21. The van der Waals surface area contributed by atoms with Crippen molar-refractivity contribution in [2.24, 2.45) is 0 Å². The number of hydrogen-bond donors (Lipinski definition) is 1. The van der Waals surface area contributed by atoms with Crippen molar-refractivity contribution in [3.8, 4) is 0 Å². The number of ether oxygens (including phenoxy) is 1. The fraction of sp³-hybridized carbons (Fsp3) is 0.444. The number of esters is 1. The summed E-state index contributed by atoms with van der Waals surface area (Å²) in [5.41, 5.74) is -0.563. The van der Waals surface area contributed by atoms with Crippen molar-refractivity contribution in [1.29, 1.82) is 0 Å². The maximum absolute atomic E-state index is 11.4. The first-order valence-corrected chi connectivity index (χ1v) is 10.2. The summed E-state index contributed by atoms with van der Waals surface area (Å²) in [6.45, 7) is 2.50. The van der Waals surface area contributed by atoms with Crippen molar-refractivity contribution in [2.75, 3.05) is 18.1 Å². The van der Waals surface area contributed by atoms with Crippen molar-refractivity contribution in [1.82, 2.24) is 9.55 Å². The van der Waals surface area contributed by atoms with E-state index in [0.717, 1.165) is 5.75 Å². The van der Waals surface area contributed by atoms with Crippen LogP contribution < -0.4 is 0 Å². The quantitative estimate of drug-likeness (QED) is 0.465. The number of halogens is 2. The first-order valence-electron chi connectivity index (χ1n) is 8.31. The van der Waals surface area contributed by atoms with Crippen molar-refractivity contribution in [2.45, 2.75) is 31.9 Å². The summed E-state index contributed by atoms with van der Waals surface area (Å²) in [5.74, 6) is 0.966. The van der Waals surface area contributed by atoms with Crippen molar-refractivity contribution in [3.63, 3.8) is 0 Å². The molecule has 0 aliphatic heterocycles. The highest BCUT2D eigenvalue weighted by atomic mass is 35.5. The van der Waals surface area contributed by atoms with Gasteiger partial charge in [-0.2, -0.15) is 11.8 Å². The first kappa shape index (κ1) is 21.1. The zero-order valence-corrected chi connectivity index (χ0v) is 16.9. The van der Waals surface area contributed by atoms with Gasteiger partial charge in [-0.25, -0.2) is 4.98 Å². The predicted molar refractivity (Wildman–Crippen MR) is 106 cm³/mol. The lowest BCUT2D eigenvalue weighted by Crippen LogP contribution is -2.34. The summed E-state index contributed by atoms with van der Waals surface area (Å²) >= 11 is 13.9. The zero-order chi connectivity index (χ0) is 19.0. The van der Waals surface area contributed by atoms with Crippen LogP contribution in [-0.2, 0) is 21.7 Å². The van der Waals surface area contributed by atoms with E-state index in [1.165, 1.54) is 0 Å². The number of carbonyl (C=O) groups excluding carboxylic acids is 1. The third-order valence-electron chi connectivity index (χ3n) is 3.75. The molecule has 26 heavy (non-hydrogen) atoms. The molecule has 0 fully saturated rings. The number of imidazole rings is 1. The molecule has 1 heterocycles. The number of aromatic nitrogens is 2. The second-order valence-electron chi connectivity index (χ2n) is 5.85. The van der Waals surface area contributed by atoms with Crippen molar-refractivity contribution < 1.29 is 14.6 Å². The lowest BCUT2D eigenvalue weighted by molar-refractivity contribution is -0.143. The Bertz CT molecular complexity index is 712. The van der Waals surface area contributed by atoms with Crippen LogP contribution in [0, 0.1) is 0 Å². The van der Waals surface area contributed by atoms with E-state index in [1.807, 2.05) is 4.57 Å².